The number of anilines is 2. The Kier molecular flexibility index (Phi) is 5.23. The molecule has 1 N–H and O–H groups in total. The first kappa shape index (κ1) is 19.8. The SMILES string of the molecule is CCc1noc(C)c1C(=O)N1CCC[C@H](c2nc(Nc3ccccc3)n3ccsc23)C1. The van der Waals surface area contributed by atoms with Crippen molar-refractivity contribution >= 4 is 33.7 Å². The smallest absolute Gasteiger partial charge is 0.259 e. The fourth-order valence-corrected chi connectivity index (χ4v) is 5.23. The number of imidazole rings is 1. The summed E-state index contributed by atoms with van der Waals surface area (Å²) in [5.41, 5.74) is 3.42. The number of likely N-dealkylation sites (tertiary alicyclic amines) is 1. The van der Waals surface area contributed by atoms with Gasteiger partial charge in [0.25, 0.3) is 5.91 Å². The maximum atomic E-state index is 13.3. The first-order chi connectivity index (χ1) is 15.2. The number of aryl methyl sites for hydroxylation is 2. The van der Waals surface area contributed by atoms with Crippen molar-refractivity contribution in [3.8, 4) is 0 Å². The number of aromatic nitrogens is 3. The van der Waals surface area contributed by atoms with Crippen molar-refractivity contribution in [1.29, 1.82) is 0 Å². The molecule has 0 spiro atoms. The predicted octanol–water partition coefficient (Wildman–Crippen LogP) is 5.02. The van der Waals surface area contributed by atoms with E-state index in [-0.39, 0.29) is 11.8 Å². The highest BCUT2D eigenvalue weighted by atomic mass is 32.1. The zero-order valence-electron chi connectivity index (χ0n) is 17.7. The molecule has 4 aromatic rings. The summed E-state index contributed by atoms with van der Waals surface area (Å²) in [5, 5.41) is 9.57. The van der Waals surface area contributed by atoms with Crippen LogP contribution < -0.4 is 5.32 Å². The van der Waals surface area contributed by atoms with Crippen LogP contribution in [0.1, 0.15) is 53.2 Å². The van der Waals surface area contributed by atoms with E-state index in [1.165, 1.54) is 0 Å². The fraction of sp³-hybridized carbons (Fsp3) is 0.348. The summed E-state index contributed by atoms with van der Waals surface area (Å²) >= 11 is 1.69. The van der Waals surface area contributed by atoms with E-state index in [1.54, 1.807) is 11.3 Å². The van der Waals surface area contributed by atoms with Crippen LogP contribution in [0.25, 0.3) is 4.83 Å². The minimum atomic E-state index is 0.0181. The molecule has 1 aliphatic heterocycles. The average Bonchev–Trinajstić information content (AvgIpc) is 3.50. The lowest BCUT2D eigenvalue weighted by Crippen LogP contribution is -2.39. The van der Waals surface area contributed by atoms with Gasteiger partial charge in [-0.15, -0.1) is 11.3 Å². The van der Waals surface area contributed by atoms with Gasteiger partial charge in [0.15, 0.2) is 0 Å². The molecular formula is C23H25N5O2S. The number of para-hydroxylation sites is 1. The number of carbonyl (C=O) groups excluding carboxylic acids is 1. The number of benzene rings is 1. The van der Waals surface area contributed by atoms with Crippen molar-refractivity contribution in [3.05, 3.63) is 64.6 Å². The summed E-state index contributed by atoms with van der Waals surface area (Å²) in [5.74, 6) is 1.62. The highest BCUT2D eigenvalue weighted by Gasteiger charge is 2.32. The third-order valence-corrected chi connectivity index (χ3v) is 6.78. The Morgan fingerprint density at radius 3 is 2.97 bits per heavy atom. The Morgan fingerprint density at radius 1 is 1.32 bits per heavy atom. The van der Waals surface area contributed by atoms with E-state index in [0.29, 0.717) is 24.3 Å². The van der Waals surface area contributed by atoms with Crippen molar-refractivity contribution in [2.24, 2.45) is 0 Å². The molecule has 1 fully saturated rings. The summed E-state index contributed by atoms with van der Waals surface area (Å²) in [6.07, 6.45) is 4.69. The molecule has 0 aliphatic carbocycles. The Morgan fingerprint density at radius 2 is 2.16 bits per heavy atom. The summed E-state index contributed by atoms with van der Waals surface area (Å²) in [6.45, 7) is 5.21. The number of hydrogen-bond donors (Lipinski definition) is 1. The molecule has 5 rings (SSSR count). The second-order valence-corrected chi connectivity index (χ2v) is 8.79. The number of hydrogen-bond acceptors (Lipinski definition) is 6. The van der Waals surface area contributed by atoms with E-state index in [4.69, 9.17) is 9.51 Å². The van der Waals surface area contributed by atoms with Gasteiger partial charge in [-0.05, 0) is 38.3 Å². The van der Waals surface area contributed by atoms with E-state index < -0.39 is 0 Å². The van der Waals surface area contributed by atoms with Crippen molar-refractivity contribution in [2.75, 3.05) is 18.4 Å². The Bertz CT molecular complexity index is 1210. The monoisotopic (exact) mass is 435 g/mol. The lowest BCUT2D eigenvalue weighted by Gasteiger charge is -2.32. The number of carbonyl (C=O) groups is 1. The zero-order valence-corrected chi connectivity index (χ0v) is 18.5. The zero-order chi connectivity index (χ0) is 21.4. The van der Waals surface area contributed by atoms with Gasteiger partial charge < -0.3 is 14.7 Å². The summed E-state index contributed by atoms with van der Waals surface area (Å²) in [6, 6.07) is 10.1. The first-order valence-corrected chi connectivity index (χ1v) is 11.6. The van der Waals surface area contributed by atoms with Crippen molar-refractivity contribution in [2.45, 2.75) is 39.0 Å². The number of nitrogens with one attached hydrogen (secondary N) is 1. The molecule has 8 heteroatoms. The van der Waals surface area contributed by atoms with Crippen LogP contribution in [0.2, 0.25) is 0 Å². The number of thiazole rings is 1. The van der Waals surface area contributed by atoms with Gasteiger partial charge >= 0.3 is 0 Å². The molecule has 7 nitrogen and oxygen atoms in total. The van der Waals surface area contributed by atoms with Crippen molar-refractivity contribution < 1.29 is 9.32 Å². The fourth-order valence-electron chi connectivity index (χ4n) is 4.33. The summed E-state index contributed by atoms with van der Waals surface area (Å²) < 4.78 is 7.40. The van der Waals surface area contributed by atoms with Gasteiger partial charge in [-0.3, -0.25) is 9.20 Å². The molecule has 1 aromatic carbocycles. The third-order valence-electron chi connectivity index (χ3n) is 5.89. The lowest BCUT2D eigenvalue weighted by atomic mass is 9.94. The second-order valence-electron chi connectivity index (χ2n) is 7.89. The lowest BCUT2D eigenvalue weighted by molar-refractivity contribution is 0.0704. The van der Waals surface area contributed by atoms with Gasteiger partial charge in [0.2, 0.25) is 5.95 Å². The van der Waals surface area contributed by atoms with Gasteiger partial charge in [0, 0.05) is 36.3 Å². The maximum absolute atomic E-state index is 13.3. The molecule has 1 atom stereocenters. The molecule has 1 amide bonds. The number of fused-ring (bicyclic) bond motifs is 1. The minimum absolute atomic E-state index is 0.0181. The Hall–Kier alpha value is -3.13. The van der Waals surface area contributed by atoms with Crippen LogP contribution >= 0.6 is 11.3 Å². The molecule has 31 heavy (non-hydrogen) atoms. The van der Waals surface area contributed by atoms with Gasteiger partial charge in [-0.2, -0.15) is 0 Å². The molecule has 0 unspecified atom stereocenters. The van der Waals surface area contributed by atoms with Gasteiger partial charge in [0.05, 0.1) is 11.4 Å². The van der Waals surface area contributed by atoms with Gasteiger partial charge in [0.1, 0.15) is 16.2 Å². The standard InChI is InChI=1S/C23H25N5O2S/c1-3-18-19(15(2)30-26-18)21(29)27-11-7-8-16(14-27)20-22-28(12-13-31-22)23(25-20)24-17-9-5-4-6-10-17/h4-6,9-10,12-13,16H,3,7-8,11,14H2,1-2H3,(H,24,25)/t16-/m0/s1. The highest BCUT2D eigenvalue weighted by molar-refractivity contribution is 7.15. The largest absolute Gasteiger partial charge is 0.361 e. The number of nitrogens with zero attached hydrogens (tertiary/aromatic N) is 4. The Balaban J connectivity index is 1.42. The molecular weight excluding hydrogens is 410 g/mol. The number of amides is 1. The molecule has 0 bridgehead atoms. The minimum Gasteiger partial charge on any atom is -0.361 e. The molecule has 0 saturated carbocycles. The number of rotatable bonds is 5. The van der Waals surface area contributed by atoms with Crippen molar-refractivity contribution in [3.63, 3.8) is 0 Å². The van der Waals surface area contributed by atoms with E-state index in [9.17, 15) is 4.79 Å². The van der Waals surface area contributed by atoms with E-state index in [0.717, 1.165) is 47.2 Å². The summed E-state index contributed by atoms with van der Waals surface area (Å²) in [4.78, 5) is 21.3. The van der Waals surface area contributed by atoms with Crippen LogP contribution in [0.3, 0.4) is 0 Å². The van der Waals surface area contributed by atoms with E-state index >= 15 is 0 Å². The molecule has 1 aliphatic rings. The number of piperidine rings is 1. The van der Waals surface area contributed by atoms with Crippen LogP contribution in [0.5, 0.6) is 0 Å². The molecule has 3 aromatic heterocycles. The van der Waals surface area contributed by atoms with Crippen LogP contribution in [0.4, 0.5) is 11.6 Å². The van der Waals surface area contributed by atoms with Crippen LogP contribution in [0.15, 0.2) is 46.4 Å². The van der Waals surface area contributed by atoms with Crippen LogP contribution in [0, 0.1) is 6.92 Å². The molecule has 160 valence electrons. The Labute approximate surface area is 184 Å². The normalized spacial score (nSPS) is 16.7. The second kappa shape index (κ2) is 8.19. The first-order valence-electron chi connectivity index (χ1n) is 10.7. The molecule has 0 radical (unpaired) electrons. The third kappa shape index (κ3) is 3.61. The summed E-state index contributed by atoms with van der Waals surface area (Å²) in [7, 11) is 0. The average molecular weight is 436 g/mol. The predicted molar refractivity (Wildman–Crippen MR) is 121 cm³/mol. The van der Waals surface area contributed by atoms with Crippen LogP contribution in [-0.4, -0.2) is 38.4 Å². The van der Waals surface area contributed by atoms with Crippen LogP contribution in [-0.2, 0) is 6.42 Å². The van der Waals surface area contributed by atoms with E-state index in [1.807, 2.05) is 55.3 Å². The van der Waals surface area contributed by atoms with Gasteiger partial charge in [-0.25, -0.2) is 4.98 Å². The maximum Gasteiger partial charge on any atom is 0.259 e. The van der Waals surface area contributed by atoms with E-state index in [2.05, 4.69) is 20.3 Å². The topological polar surface area (TPSA) is 75.7 Å². The highest BCUT2D eigenvalue weighted by Crippen LogP contribution is 2.34. The molecule has 4 heterocycles. The quantitative estimate of drug-likeness (QED) is 0.476. The molecule has 1 saturated heterocycles. The van der Waals surface area contributed by atoms with Crippen molar-refractivity contribution in [1.82, 2.24) is 19.4 Å². The van der Waals surface area contributed by atoms with Gasteiger partial charge in [-0.1, -0.05) is 30.3 Å².